The Labute approximate surface area is 115 Å². The van der Waals surface area contributed by atoms with Crippen LogP contribution in [-0.2, 0) is 0 Å². The van der Waals surface area contributed by atoms with Gasteiger partial charge < -0.3 is 5.11 Å². The van der Waals surface area contributed by atoms with Crippen molar-refractivity contribution in [2.24, 2.45) is 0 Å². The quantitative estimate of drug-likeness (QED) is 0.808. The highest BCUT2D eigenvalue weighted by atomic mass is 19.1. The molecule has 1 aromatic carbocycles. The molecule has 0 bridgehead atoms. The summed E-state index contributed by atoms with van der Waals surface area (Å²) in [7, 11) is 0. The Kier molecular flexibility index (Phi) is 2.86. The van der Waals surface area contributed by atoms with Crippen molar-refractivity contribution in [1.29, 1.82) is 0 Å². The smallest absolute Gasteiger partial charge is 0.193 e. The summed E-state index contributed by atoms with van der Waals surface area (Å²) in [6.45, 7) is 1.76. The molecule has 2 aromatic rings. The monoisotopic (exact) mass is 269 g/mol. The molecule has 1 atom stereocenters. The van der Waals surface area contributed by atoms with E-state index in [4.69, 9.17) is 0 Å². The second-order valence-electron chi connectivity index (χ2n) is 4.79. The second kappa shape index (κ2) is 4.56. The van der Waals surface area contributed by atoms with Crippen molar-refractivity contribution in [1.82, 2.24) is 4.98 Å². The number of benzene rings is 1. The summed E-state index contributed by atoms with van der Waals surface area (Å²) in [6.07, 6.45) is 4.97. The Balaban J connectivity index is 2.15. The summed E-state index contributed by atoms with van der Waals surface area (Å²) in [6, 6.07) is 5.98. The van der Waals surface area contributed by atoms with Crippen LogP contribution in [-0.4, -0.2) is 15.9 Å². The Morgan fingerprint density at radius 3 is 2.80 bits per heavy atom. The summed E-state index contributed by atoms with van der Waals surface area (Å²) >= 11 is 0. The molecule has 1 aromatic heterocycles. The number of Topliss-reactive ketones (excluding diaryl/α,β-unsaturated/α-hetero) is 1. The summed E-state index contributed by atoms with van der Waals surface area (Å²) in [5.41, 5.74) is 1.58. The lowest BCUT2D eigenvalue weighted by atomic mass is 9.98. The largest absolute Gasteiger partial charge is 0.507 e. The summed E-state index contributed by atoms with van der Waals surface area (Å²) in [4.78, 5) is 16.4. The van der Waals surface area contributed by atoms with Crippen molar-refractivity contribution in [3.05, 3.63) is 64.7 Å². The number of allylic oxidation sites excluding steroid dienone is 1. The SMILES string of the molecule is C[C@H]1/C(=C\c2cccnc2)C(=O)c2c(O)ccc(F)c21. The number of aromatic nitrogens is 1. The Bertz CT molecular complexity index is 723. The fraction of sp³-hybridized carbons (Fsp3) is 0.125. The van der Waals surface area contributed by atoms with Crippen molar-refractivity contribution in [3.63, 3.8) is 0 Å². The number of ketones is 1. The molecule has 0 spiro atoms. The molecule has 0 amide bonds. The molecule has 0 saturated heterocycles. The van der Waals surface area contributed by atoms with Crippen LogP contribution in [0.3, 0.4) is 0 Å². The number of rotatable bonds is 1. The Morgan fingerprint density at radius 2 is 2.15 bits per heavy atom. The minimum Gasteiger partial charge on any atom is -0.507 e. The number of phenols is 1. The van der Waals surface area contributed by atoms with Crippen LogP contribution in [0.2, 0.25) is 0 Å². The lowest BCUT2D eigenvalue weighted by molar-refractivity contribution is 0.103. The summed E-state index contributed by atoms with van der Waals surface area (Å²) in [5, 5.41) is 9.80. The molecule has 0 saturated carbocycles. The molecule has 1 aliphatic carbocycles. The van der Waals surface area contributed by atoms with Crippen LogP contribution >= 0.6 is 0 Å². The Morgan fingerprint density at radius 1 is 1.35 bits per heavy atom. The first-order valence-electron chi connectivity index (χ1n) is 6.27. The number of carbonyl (C=O) groups excluding carboxylic acids is 1. The first kappa shape index (κ1) is 12.5. The lowest BCUT2D eigenvalue weighted by Gasteiger charge is -2.06. The first-order chi connectivity index (χ1) is 9.59. The highest BCUT2D eigenvalue weighted by molar-refractivity contribution is 6.18. The van der Waals surface area contributed by atoms with E-state index in [9.17, 15) is 14.3 Å². The molecule has 3 rings (SSSR count). The maximum absolute atomic E-state index is 13.9. The van der Waals surface area contributed by atoms with Gasteiger partial charge in [-0.1, -0.05) is 13.0 Å². The minimum atomic E-state index is -0.465. The van der Waals surface area contributed by atoms with Gasteiger partial charge in [-0.15, -0.1) is 0 Å². The zero-order valence-corrected chi connectivity index (χ0v) is 10.8. The number of hydrogen-bond acceptors (Lipinski definition) is 3. The van der Waals surface area contributed by atoms with Gasteiger partial charge in [-0.3, -0.25) is 9.78 Å². The van der Waals surface area contributed by atoms with Gasteiger partial charge in [0.05, 0.1) is 5.56 Å². The second-order valence-corrected chi connectivity index (χ2v) is 4.79. The number of hydrogen-bond donors (Lipinski definition) is 1. The average Bonchev–Trinajstić information content (AvgIpc) is 2.70. The maximum atomic E-state index is 13.9. The molecular formula is C16H12FNO2. The standard InChI is InChI=1S/C16H12FNO2/c1-9-11(7-10-3-2-6-18-8-10)16(20)15-13(19)5-4-12(17)14(9)15/h2-9,19H,1H3/b11-7+/t9-/m0/s1. The third-order valence-corrected chi connectivity index (χ3v) is 3.57. The predicted octanol–water partition coefficient (Wildman–Crippen LogP) is 3.31. The van der Waals surface area contributed by atoms with Gasteiger partial charge in [-0.05, 0) is 29.8 Å². The number of carbonyl (C=O) groups is 1. The van der Waals surface area contributed by atoms with E-state index in [-0.39, 0.29) is 28.6 Å². The fourth-order valence-electron chi connectivity index (χ4n) is 2.57. The van der Waals surface area contributed by atoms with Crippen LogP contribution in [0.1, 0.15) is 34.3 Å². The van der Waals surface area contributed by atoms with E-state index in [0.29, 0.717) is 5.57 Å². The van der Waals surface area contributed by atoms with Crippen LogP contribution in [0.5, 0.6) is 5.75 Å². The molecule has 0 fully saturated rings. The van der Waals surface area contributed by atoms with Crippen molar-refractivity contribution in [3.8, 4) is 5.75 Å². The van der Waals surface area contributed by atoms with Gasteiger partial charge in [0.25, 0.3) is 0 Å². The minimum absolute atomic E-state index is 0.0765. The molecule has 1 aliphatic rings. The van der Waals surface area contributed by atoms with Gasteiger partial charge >= 0.3 is 0 Å². The first-order valence-corrected chi connectivity index (χ1v) is 6.27. The topological polar surface area (TPSA) is 50.2 Å². The van der Waals surface area contributed by atoms with E-state index in [0.717, 1.165) is 5.56 Å². The van der Waals surface area contributed by atoms with Gasteiger partial charge in [-0.25, -0.2) is 4.39 Å². The van der Waals surface area contributed by atoms with Crippen LogP contribution < -0.4 is 0 Å². The van der Waals surface area contributed by atoms with E-state index in [1.54, 1.807) is 31.5 Å². The van der Waals surface area contributed by atoms with Crippen LogP contribution in [0.4, 0.5) is 4.39 Å². The summed E-state index contributed by atoms with van der Waals surface area (Å²) < 4.78 is 13.9. The molecular weight excluding hydrogens is 257 g/mol. The number of phenolic OH excluding ortho intramolecular Hbond substituents is 1. The van der Waals surface area contributed by atoms with Crippen LogP contribution in [0.15, 0.2) is 42.2 Å². The van der Waals surface area contributed by atoms with Crippen molar-refractivity contribution in [2.75, 3.05) is 0 Å². The average molecular weight is 269 g/mol. The molecule has 0 unspecified atom stereocenters. The summed E-state index contributed by atoms with van der Waals surface area (Å²) in [5.74, 6) is -1.35. The third-order valence-electron chi connectivity index (χ3n) is 3.57. The van der Waals surface area contributed by atoms with Gasteiger partial charge in [0, 0.05) is 29.4 Å². The van der Waals surface area contributed by atoms with Crippen molar-refractivity contribution < 1.29 is 14.3 Å². The van der Waals surface area contributed by atoms with E-state index in [1.165, 1.54) is 12.1 Å². The molecule has 0 aliphatic heterocycles. The van der Waals surface area contributed by atoms with Crippen LogP contribution in [0.25, 0.3) is 6.08 Å². The highest BCUT2D eigenvalue weighted by Crippen LogP contribution is 2.43. The zero-order valence-electron chi connectivity index (χ0n) is 10.8. The zero-order chi connectivity index (χ0) is 14.3. The van der Waals surface area contributed by atoms with Gasteiger partial charge in [0.2, 0.25) is 0 Å². The van der Waals surface area contributed by atoms with Crippen molar-refractivity contribution in [2.45, 2.75) is 12.8 Å². The molecule has 1 N–H and O–H groups in total. The molecule has 0 radical (unpaired) electrons. The molecule has 3 nitrogen and oxygen atoms in total. The third kappa shape index (κ3) is 1.81. The number of aromatic hydroxyl groups is 1. The van der Waals surface area contributed by atoms with Gasteiger partial charge in [0.1, 0.15) is 11.6 Å². The van der Waals surface area contributed by atoms with Crippen molar-refractivity contribution >= 4 is 11.9 Å². The number of nitrogens with zero attached hydrogens (tertiary/aromatic N) is 1. The normalized spacial score (nSPS) is 19.4. The molecule has 4 heteroatoms. The predicted molar refractivity (Wildman–Crippen MR) is 73.0 cm³/mol. The van der Waals surface area contributed by atoms with Gasteiger partial charge in [0.15, 0.2) is 5.78 Å². The molecule has 100 valence electrons. The highest BCUT2D eigenvalue weighted by Gasteiger charge is 2.36. The van der Waals surface area contributed by atoms with E-state index < -0.39 is 5.82 Å². The fourth-order valence-corrected chi connectivity index (χ4v) is 2.57. The maximum Gasteiger partial charge on any atom is 0.193 e. The molecule has 20 heavy (non-hydrogen) atoms. The van der Waals surface area contributed by atoms with E-state index >= 15 is 0 Å². The van der Waals surface area contributed by atoms with E-state index in [1.807, 2.05) is 6.07 Å². The molecule has 1 heterocycles. The number of fused-ring (bicyclic) bond motifs is 1. The van der Waals surface area contributed by atoms with Gasteiger partial charge in [-0.2, -0.15) is 0 Å². The lowest BCUT2D eigenvalue weighted by Crippen LogP contribution is -1.97. The number of pyridine rings is 1. The van der Waals surface area contributed by atoms with Crippen LogP contribution in [0, 0.1) is 5.82 Å². The Hall–Kier alpha value is -2.49. The number of halogens is 1. The van der Waals surface area contributed by atoms with E-state index in [2.05, 4.69) is 4.98 Å².